The van der Waals surface area contributed by atoms with Gasteiger partial charge in [0.1, 0.15) is 12.4 Å². The Morgan fingerprint density at radius 3 is 2.53 bits per heavy atom. The van der Waals surface area contributed by atoms with E-state index >= 15 is 0 Å². The fourth-order valence-electron chi connectivity index (χ4n) is 1.41. The van der Waals surface area contributed by atoms with E-state index in [1.54, 1.807) is 29.6 Å². The Morgan fingerprint density at radius 2 is 2.00 bits per heavy atom. The molecule has 1 N–H and O–H groups in total. The van der Waals surface area contributed by atoms with E-state index in [-0.39, 0.29) is 17.4 Å². The Morgan fingerprint density at radius 1 is 1.32 bits per heavy atom. The van der Waals surface area contributed by atoms with Gasteiger partial charge in [-0.2, -0.15) is 0 Å². The molecule has 0 amide bonds. The minimum absolute atomic E-state index is 0.00264. The van der Waals surface area contributed by atoms with Crippen LogP contribution in [-0.2, 0) is 6.61 Å². The quantitative estimate of drug-likeness (QED) is 0.850. The third-order valence-electron chi connectivity index (χ3n) is 2.38. The third kappa shape index (κ3) is 3.38. The van der Waals surface area contributed by atoms with Gasteiger partial charge in [-0.3, -0.25) is 4.79 Å². The van der Waals surface area contributed by atoms with E-state index in [1.807, 2.05) is 0 Å². The maximum absolute atomic E-state index is 11.1. The zero-order chi connectivity index (χ0) is 13.8. The highest BCUT2D eigenvalue weighted by Gasteiger charge is 2.09. The lowest BCUT2D eigenvalue weighted by atomic mass is 10.1. The highest BCUT2D eigenvalue weighted by Crippen LogP contribution is 2.16. The van der Waals surface area contributed by atoms with Gasteiger partial charge in [0, 0.05) is 10.9 Å². The van der Waals surface area contributed by atoms with Crippen LogP contribution in [-0.4, -0.2) is 21.8 Å². The number of ketones is 1. The van der Waals surface area contributed by atoms with Gasteiger partial charge in [0.2, 0.25) is 5.01 Å². The number of ether oxygens (including phenoxy) is 1. The van der Waals surface area contributed by atoms with E-state index in [9.17, 15) is 9.59 Å². The number of thiazole rings is 1. The molecule has 0 aliphatic carbocycles. The molecule has 2 rings (SSSR count). The molecular weight excluding hydrogens is 266 g/mol. The van der Waals surface area contributed by atoms with Crippen molar-refractivity contribution in [1.29, 1.82) is 0 Å². The number of hydrogen-bond acceptors (Lipinski definition) is 5. The molecule has 0 bridgehead atoms. The highest BCUT2D eigenvalue weighted by atomic mass is 32.1. The summed E-state index contributed by atoms with van der Waals surface area (Å²) in [5, 5.41) is 10.4. The number of carboxylic acid groups (broad SMARTS) is 1. The van der Waals surface area contributed by atoms with Gasteiger partial charge in [0.25, 0.3) is 0 Å². The number of rotatable bonds is 5. The van der Waals surface area contributed by atoms with Crippen molar-refractivity contribution in [2.45, 2.75) is 13.5 Å². The second-order valence-corrected chi connectivity index (χ2v) is 4.68. The van der Waals surface area contributed by atoms with E-state index in [2.05, 4.69) is 4.98 Å². The number of hydrogen-bond donors (Lipinski definition) is 1. The normalized spacial score (nSPS) is 10.2. The van der Waals surface area contributed by atoms with Crippen LogP contribution in [0.15, 0.2) is 29.6 Å². The molecule has 1 aromatic heterocycles. The molecule has 0 aliphatic heterocycles. The topological polar surface area (TPSA) is 76.5 Å². The van der Waals surface area contributed by atoms with Gasteiger partial charge in [-0.05, 0) is 31.2 Å². The van der Waals surface area contributed by atoms with Crippen molar-refractivity contribution in [3.05, 3.63) is 45.9 Å². The third-order valence-corrected chi connectivity index (χ3v) is 3.26. The molecule has 0 atom stereocenters. The van der Waals surface area contributed by atoms with E-state index in [0.29, 0.717) is 17.0 Å². The van der Waals surface area contributed by atoms with Gasteiger partial charge < -0.3 is 9.84 Å². The monoisotopic (exact) mass is 277 g/mol. The van der Waals surface area contributed by atoms with E-state index in [4.69, 9.17) is 9.84 Å². The molecule has 0 fully saturated rings. The lowest BCUT2D eigenvalue weighted by Crippen LogP contribution is -1.99. The molecule has 0 unspecified atom stereocenters. The van der Waals surface area contributed by atoms with Crippen LogP contribution in [0.2, 0.25) is 0 Å². The standard InChI is InChI=1S/C13H11NO4S/c1-8(15)9-2-4-11(5-3-9)18-6-10-7-19-12(14-10)13(16)17/h2-5,7H,6H2,1H3,(H,16,17). The summed E-state index contributed by atoms with van der Waals surface area (Å²) >= 11 is 1.06. The van der Waals surface area contributed by atoms with Crippen molar-refractivity contribution >= 4 is 23.1 Å². The summed E-state index contributed by atoms with van der Waals surface area (Å²) in [5.74, 6) is -0.436. The number of carbonyl (C=O) groups is 2. The van der Waals surface area contributed by atoms with Gasteiger partial charge in [0.05, 0.1) is 5.69 Å². The second-order valence-electron chi connectivity index (χ2n) is 3.82. The first-order chi connectivity index (χ1) is 9.06. The Kier molecular flexibility index (Phi) is 3.91. The molecule has 6 heteroatoms. The molecule has 5 nitrogen and oxygen atoms in total. The molecule has 0 saturated carbocycles. The summed E-state index contributed by atoms with van der Waals surface area (Å²) in [5.41, 5.74) is 1.19. The Hall–Kier alpha value is -2.21. The summed E-state index contributed by atoms with van der Waals surface area (Å²) in [7, 11) is 0. The summed E-state index contributed by atoms with van der Waals surface area (Å²) in [4.78, 5) is 25.7. The van der Waals surface area contributed by atoms with Gasteiger partial charge in [-0.25, -0.2) is 9.78 Å². The maximum Gasteiger partial charge on any atom is 0.365 e. The van der Waals surface area contributed by atoms with Crippen LogP contribution in [0, 0.1) is 0 Å². The summed E-state index contributed by atoms with van der Waals surface area (Å²) < 4.78 is 5.46. The lowest BCUT2D eigenvalue weighted by molar-refractivity contribution is 0.0696. The largest absolute Gasteiger partial charge is 0.487 e. The fourth-order valence-corrected chi connectivity index (χ4v) is 2.05. The number of aromatic carboxylic acids is 1. The minimum Gasteiger partial charge on any atom is -0.487 e. The highest BCUT2D eigenvalue weighted by molar-refractivity contribution is 7.11. The molecule has 0 aliphatic rings. The molecule has 98 valence electrons. The van der Waals surface area contributed by atoms with Gasteiger partial charge in [0.15, 0.2) is 5.78 Å². The average molecular weight is 277 g/mol. The zero-order valence-electron chi connectivity index (χ0n) is 10.1. The molecule has 2 aromatic rings. The van der Waals surface area contributed by atoms with Crippen LogP contribution >= 0.6 is 11.3 Å². The Labute approximate surface area is 113 Å². The number of nitrogens with zero attached hydrogens (tertiary/aromatic N) is 1. The maximum atomic E-state index is 11.1. The molecule has 0 spiro atoms. The first-order valence-electron chi connectivity index (χ1n) is 5.48. The molecular formula is C13H11NO4S. The van der Waals surface area contributed by atoms with Crippen molar-refractivity contribution in [3.63, 3.8) is 0 Å². The lowest BCUT2D eigenvalue weighted by Gasteiger charge is -2.04. The first-order valence-corrected chi connectivity index (χ1v) is 6.35. The Balaban J connectivity index is 1.97. The predicted octanol–water partition coefficient (Wildman–Crippen LogP) is 2.62. The fraction of sp³-hybridized carbons (Fsp3) is 0.154. The molecule has 1 heterocycles. The summed E-state index contributed by atoms with van der Waals surface area (Å²) in [6, 6.07) is 6.76. The van der Waals surface area contributed by atoms with Crippen molar-refractivity contribution in [2.24, 2.45) is 0 Å². The molecule has 1 aromatic carbocycles. The van der Waals surface area contributed by atoms with Crippen molar-refractivity contribution in [1.82, 2.24) is 4.98 Å². The van der Waals surface area contributed by atoms with Crippen LogP contribution in [0.3, 0.4) is 0 Å². The van der Waals surface area contributed by atoms with E-state index in [1.165, 1.54) is 6.92 Å². The Bertz CT molecular complexity index is 603. The van der Waals surface area contributed by atoms with Crippen LogP contribution < -0.4 is 4.74 Å². The SMILES string of the molecule is CC(=O)c1ccc(OCc2csc(C(=O)O)n2)cc1. The number of carboxylic acids is 1. The number of carbonyl (C=O) groups excluding carboxylic acids is 1. The first kappa shape index (κ1) is 13.2. The van der Waals surface area contributed by atoms with Crippen LogP contribution in [0.25, 0.3) is 0 Å². The van der Waals surface area contributed by atoms with Gasteiger partial charge in [-0.1, -0.05) is 0 Å². The second kappa shape index (κ2) is 5.62. The predicted molar refractivity (Wildman–Crippen MR) is 69.9 cm³/mol. The van der Waals surface area contributed by atoms with Crippen LogP contribution in [0.1, 0.15) is 32.8 Å². The van der Waals surface area contributed by atoms with Crippen molar-refractivity contribution in [3.8, 4) is 5.75 Å². The minimum atomic E-state index is -1.04. The summed E-state index contributed by atoms with van der Waals surface area (Å²) in [6.45, 7) is 1.70. The van der Waals surface area contributed by atoms with E-state index < -0.39 is 5.97 Å². The van der Waals surface area contributed by atoms with Crippen molar-refractivity contribution < 1.29 is 19.4 Å². The van der Waals surface area contributed by atoms with Crippen molar-refractivity contribution in [2.75, 3.05) is 0 Å². The smallest absolute Gasteiger partial charge is 0.365 e. The van der Waals surface area contributed by atoms with Crippen LogP contribution in [0.5, 0.6) is 5.75 Å². The number of aromatic nitrogens is 1. The van der Waals surface area contributed by atoms with Crippen LogP contribution in [0.4, 0.5) is 0 Å². The average Bonchev–Trinajstić information content (AvgIpc) is 2.86. The number of Topliss-reactive ketones (excluding diaryl/α,β-unsaturated/α-hetero) is 1. The van der Waals surface area contributed by atoms with E-state index in [0.717, 1.165) is 11.3 Å². The summed E-state index contributed by atoms with van der Waals surface area (Å²) in [6.07, 6.45) is 0. The van der Waals surface area contributed by atoms with Gasteiger partial charge in [-0.15, -0.1) is 11.3 Å². The number of benzene rings is 1. The molecule has 0 saturated heterocycles. The molecule has 0 radical (unpaired) electrons. The van der Waals surface area contributed by atoms with Gasteiger partial charge >= 0.3 is 5.97 Å². The zero-order valence-corrected chi connectivity index (χ0v) is 10.9. The molecule has 19 heavy (non-hydrogen) atoms.